The normalized spacial score (nSPS) is 10.0. The summed E-state index contributed by atoms with van der Waals surface area (Å²) in [6, 6.07) is 5.68. The first-order valence-electron chi connectivity index (χ1n) is 5.00. The van der Waals surface area contributed by atoms with Crippen molar-refractivity contribution in [1.29, 1.82) is 0 Å². The maximum atomic E-state index is 11.7. The smallest absolute Gasteiger partial charge is 0.409 e. The lowest BCUT2D eigenvalue weighted by Gasteiger charge is -2.18. The average Bonchev–Trinajstić information content (AvgIpc) is 2.26. The molecule has 1 aromatic carbocycles. The molecule has 0 N–H and O–H groups in total. The van der Waals surface area contributed by atoms with Crippen LogP contribution in [0.2, 0.25) is 0 Å². The zero-order valence-electron chi connectivity index (χ0n) is 9.17. The lowest BCUT2D eigenvalue weighted by molar-refractivity contribution is 0.157. The van der Waals surface area contributed by atoms with Crippen molar-refractivity contribution in [2.24, 2.45) is 0 Å². The summed E-state index contributed by atoms with van der Waals surface area (Å²) in [7, 11) is 0. The molecule has 0 aliphatic heterocycles. The van der Waals surface area contributed by atoms with Crippen LogP contribution in [0.25, 0.3) is 0 Å². The van der Waals surface area contributed by atoms with Gasteiger partial charge < -0.3 is 9.64 Å². The highest BCUT2D eigenvalue weighted by Crippen LogP contribution is 2.25. The minimum absolute atomic E-state index is 0.287. The topological polar surface area (TPSA) is 29.5 Å². The number of carbonyl (C=O) groups is 1. The molecule has 0 heterocycles. The van der Waals surface area contributed by atoms with Crippen molar-refractivity contribution >= 4 is 51.3 Å². The van der Waals surface area contributed by atoms with Crippen LogP contribution in [0.15, 0.2) is 18.2 Å². The van der Waals surface area contributed by atoms with Crippen molar-refractivity contribution in [3.8, 4) is 5.75 Å². The fourth-order valence-corrected chi connectivity index (χ4v) is 2.15. The monoisotopic (exact) mass is 445 g/mol. The SMILES string of the molecule is CCN(CC)C(=O)Oc1cccc(I)c1I. The van der Waals surface area contributed by atoms with Crippen molar-refractivity contribution < 1.29 is 9.53 Å². The summed E-state index contributed by atoms with van der Waals surface area (Å²) in [4.78, 5) is 13.4. The summed E-state index contributed by atoms with van der Waals surface area (Å²) in [5.41, 5.74) is 0. The predicted octanol–water partition coefficient (Wildman–Crippen LogP) is 3.74. The summed E-state index contributed by atoms with van der Waals surface area (Å²) in [6.07, 6.45) is -0.287. The van der Waals surface area contributed by atoms with Crippen LogP contribution in [-0.4, -0.2) is 24.1 Å². The van der Waals surface area contributed by atoms with Crippen molar-refractivity contribution in [1.82, 2.24) is 4.90 Å². The van der Waals surface area contributed by atoms with E-state index in [9.17, 15) is 4.79 Å². The van der Waals surface area contributed by atoms with E-state index >= 15 is 0 Å². The van der Waals surface area contributed by atoms with E-state index in [1.807, 2.05) is 32.0 Å². The second-order valence-corrected chi connectivity index (χ2v) is 5.33. The molecule has 1 aromatic rings. The zero-order chi connectivity index (χ0) is 12.1. The maximum absolute atomic E-state index is 11.7. The summed E-state index contributed by atoms with van der Waals surface area (Å²) in [5.74, 6) is 0.629. The highest BCUT2D eigenvalue weighted by atomic mass is 127. The lowest BCUT2D eigenvalue weighted by atomic mass is 10.3. The molecule has 0 aliphatic carbocycles. The molecular formula is C11H13I2NO2. The molecule has 16 heavy (non-hydrogen) atoms. The highest BCUT2D eigenvalue weighted by molar-refractivity contribution is 14.1. The number of ether oxygens (including phenoxy) is 1. The summed E-state index contributed by atoms with van der Waals surface area (Å²) in [6.45, 7) is 5.20. The molecule has 0 aromatic heterocycles. The van der Waals surface area contributed by atoms with Gasteiger partial charge in [-0.1, -0.05) is 6.07 Å². The van der Waals surface area contributed by atoms with Gasteiger partial charge in [0.05, 0.1) is 3.57 Å². The van der Waals surface area contributed by atoms with Crippen molar-refractivity contribution in [3.05, 3.63) is 25.3 Å². The fraction of sp³-hybridized carbons (Fsp3) is 0.364. The highest BCUT2D eigenvalue weighted by Gasteiger charge is 2.14. The molecule has 0 saturated carbocycles. The first kappa shape index (κ1) is 14.0. The number of amides is 1. The Hall–Kier alpha value is -0.0500. The number of nitrogens with zero attached hydrogens (tertiary/aromatic N) is 1. The second-order valence-electron chi connectivity index (χ2n) is 3.09. The first-order valence-corrected chi connectivity index (χ1v) is 7.16. The third-order valence-electron chi connectivity index (χ3n) is 2.14. The minimum atomic E-state index is -0.287. The number of carbonyl (C=O) groups excluding carboxylic acids is 1. The van der Waals surface area contributed by atoms with Gasteiger partial charge in [0.25, 0.3) is 0 Å². The number of rotatable bonds is 3. The van der Waals surface area contributed by atoms with E-state index in [-0.39, 0.29) is 6.09 Å². The van der Waals surface area contributed by atoms with E-state index in [1.165, 1.54) is 0 Å². The van der Waals surface area contributed by atoms with Crippen molar-refractivity contribution in [2.75, 3.05) is 13.1 Å². The quantitative estimate of drug-likeness (QED) is 0.665. The van der Waals surface area contributed by atoms with E-state index in [1.54, 1.807) is 4.90 Å². The molecule has 1 rings (SSSR count). The molecule has 0 unspecified atom stereocenters. The molecule has 0 radical (unpaired) electrons. The largest absolute Gasteiger partial charge is 0.415 e. The Balaban J connectivity index is 2.80. The molecule has 3 nitrogen and oxygen atoms in total. The molecule has 88 valence electrons. The van der Waals surface area contributed by atoms with E-state index in [2.05, 4.69) is 45.2 Å². The van der Waals surface area contributed by atoms with Gasteiger partial charge in [-0.15, -0.1) is 0 Å². The average molecular weight is 445 g/mol. The predicted molar refractivity (Wildman–Crippen MR) is 80.8 cm³/mol. The molecule has 0 fully saturated rings. The van der Waals surface area contributed by atoms with Crippen LogP contribution in [0.5, 0.6) is 5.75 Å². The Labute approximate surface area is 123 Å². The Morgan fingerprint density at radius 1 is 1.31 bits per heavy atom. The van der Waals surface area contributed by atoms with E-state index in [4.69, 9.17) is 4.74 Å². The molecule has 0 aliphatic rings. The summed E-state index contributed by atoms with van der Waals surface area (Å²) >= 11 is 4.40. The number of halogens is 2. The molecule has 5 heteroatoms. The van der Waals surface area contributed by atoms with Gasteiger partial charge in [-0.05, 0) is 71.2 Å². The molecule has 1 amide bonds. The Morgan fingerprint density at radius 2 is 1.94 bits per heavy atom. The Morgan fingerprint density at radius 3 is 2.50 bits per heavy atom. The van der Waals surface area contributed by atoms with Crippen molar-refractivity contribution in [2.45, 2.75) is 13.8 Å². The van der Waals surface area contributed by atoms with Crippen LogP contribution in [0.1, 0.15) is 13.8 Å². The van der Waals surface area contributed by atoms with Crippen LogP contribution in [0.4, 0.5) is 4.79 Å². The van der Waals surface area contributed by atoms with Gasteiger partial charge in [0.2, 0.25) is 0 Å². The number of benzene rings is 1. The van der Waals surface area contributed by atoms with Crippen LogP contribution in [0.3, 0.4) is 0 Å². The minimum Gasteiger partial charge on any atom is -0.409 e. The van der Waals surface area contributed by atoms with Crippen molar-refractivity contribution in [3.63, 3.8) is 0 Å². The third-order valence-corrected chi connectivity index (χ3v) is 5.18. The van der Waals surface area contributed by atoms with Gasteiger partial charge in [0.15, 0.2) is 0 Å². The van der Waals surface area contributed by atoms with E-state index in [0.717, 1.165) is 7.14 Å². The van der Waals surface area contributed by atoms with Gasteiger partial charge >= 0.3 is 6.09 Å². The molecule has 0 spiro atoms. The molecular weight excluding hydrogens is 432 g/mol. The van der Waals surface area contributed by atoms with Crippen LogP contribution < -0.4 is 4.74 Å². The molecule has 0 saturated heterocycles. The fourth-order valence-electron chi connectivity index (χ4n) is 1.20. The first-order chi connectivity index (χ1) is 7.60. The van der Waals surface area contributed by atoms with Crippen LogP contribution in [0, 0.1) is 7.14 Å². The maximum Gasteiger partial charge on any atom is 0.415 e. The molecule has 0 atom stereocenters. The number of hydrogen-bond acceptors (Lipinski definition) is 2. The summed E-state index contributed by atoms with van der Waals surface area (Å²) < 4.78 is 7.40. The van der Waals surface area contributed by atoms with Gasteiger partial charge in [0, 0.05) is 16.7 Å². The third kappa shape index (κ3) is 3.47. The summed E-state index contributed by atoms with van der Waals surface area (Å²) in [5, 5.41) is 0. The zero-order valence-corrected chi connectivity index (χ0v) is 13.5. The van der Waals surface area contributed by atoms with E-state index in [0.29, 0.717) is 18.8 Å². The van der Waals surface area contributed by atoms with Gasteiger partial charge in [-0.3, -0.25) is 0 Å². The second kappa shape index (κ2) is 6.63. The van der Waals surface area contributed by atoms with Crippen LogP contribution in [-0.2, 0) is 0 Å². The van der Waals surface area contributed by atoms with Gasteiger partial charge in [-0.25, -0.2) is 4.79 Å². The number of hydrogen-bond donors (Lipinski definition) is 0. The lowest BCUT2D eigenvalue weighted by Crippen LogP contribution is -2.33. The Kier molecular flexibility index (Phi) is 5.81. The van der Waals surface area contributed by atoms with Crippen LogP contribution >= 0.6 is 45.2 Å². The van der Waals surface area contributed by atoms with Gasteiger partial charge in [-0.2, -0.15) is 0 Å². The molecule has 0 bridgehead atoms. The van der Waals surface area contributed by atoms with Gasteiger partial charge in [0.1, 0.15) is 5.75 Å². The van der Waals surface area contributed by atoms with E-state index < -0.39 is 0 Å². The Bertz CT molecular complexity index is 378. The standard InChI is InChI=1S/C11H13I2NO2/c1-3-14(4-2)11(15)16-9-7-5-6-8(12)10(9)13/h5-7H,3-4H2,1-2H3.